The van der Waals surface area contributed by atoms with E-state index < -0.39 is 123 Å². The van der Waals surface area contributed by atoms with E-state index >= 15 is 0 Å². The summed E-state index contributed by atoms with van der Waals surface area (Å²) in [7, 11) is 0. The molecule has 0 radical (unpaired) electrons. The van der Waals surface area contributed by atoms with Gasteiger partial charge in [-0.2, -0.15) is 0 Å². The van der Waals surface area contributed by atoms with Crippen molar-refractivity contribution in [1.82, 2.24) is 0 Å². The first-order valence-electron chi connectivity index (χ1n) is 23.8. The van der Waals surface area contributed by atoms with Crippen LogP contribution in [0.25, 0.3) is 0 Å². The van der Waals surface area contributed by atoms with Crippen molar-refractivity contribution in [3.63, 3.8) is 0 Å². The summed E-state index contributed by atoms with van der Waals surface area (Å²) in [5.41, 5.74) is -0.267. The second-order valence-corrected chi connectivity index (χ2v) is 21.6. The van der Waals surface area contributed by atoms with Crippen LogP contribution in [0.5, 0.6) is 0 Å². The molecule has 63 heavy (non-hydrogen) atoms. The first kappa shape index (κ1) is 47.4. The quantitative estimate of drug-likeness (QED) is 0.134. The highest BCUT2D eigenvalue weighted by Crippen LogP contribution is 2.71. The van der Waals surface area contributed by atoms with Crippen molar-refractivity contribution in [2.75, 3.05) is 19.8 Å². The lowest BCUT2D eigenvalue weighted by Gasteiger charge is -2.63. The molecule has 0 bridgehead atoms. The molecule has 9 fully saturated rings. The fourth-order valence-electron chi connectivity index (χ4n) is 14.7. The van der Waals surface area contributed by atoms with Gasteiger partial charge in [0.1, 0.15) is 67.1 Å². The number of rotatable bonds is 8. The van der Waals surface area contributed by atoms with Gasteiger partial charge in [0.2, 0.25) is 0 Å². The molecule has 18 nitrogen and oxygen atoms in total. The number of aliphatic hydroxyl groups excluding tert-OH is 10. The summed E-state index contributed by atoms with van der Waals surface area (Å²) in [5, 5.41) is 108. The van der Waals surface area contributed by atoms with E-state index in [0.29, 0.717) is 49.5 Å². The summed E-state index contributed by atoms with van der Waals surface area (Å²) in [6, 6.07) is 0. The van der Waals surface area contributed by atoms with Gasteiger partial charge in [-0.15, -0.1) is 0 Å². The van der Waals surface area contributed by atoms with Gasteiger partial charge in [0.05, 0.1) is 44.2 Å². The highest BCUT2D eigenvalue weighted by Gasteiger charge is 2.70. The Kier molecular flexibility index (Phi) is 13.3. The van der Waals surface area contributed by atoms with Gasteiger partial charge in [-0.3, -0.25) is 0 Å². The summed E-state index contributed by atoms with van der Waals surface area (Å²) in [6.45, 7) is 10.0. The predicted octanol–water partition coefficient (Wildman–Crippen LogP) is -0.735. The second-order valence-electron chi connectivity index (χ2n) is 21.6. The molecule has 5 heterocycles. The normalized spacial score (nSPS) is 59.4. The van der Waals surface area contributed by atoms with E-state index in [4.69, 9.17) is 37.9 Å². The van der Waals surface area contributed by atoms with Gasteiger partial charge in [0, 0.05) is 12.3 Å². The Morgan fingerprint density at radius 3 is 1.89 bits per heavy atom. The zero-order chi connectivity index (χ0) is 45.1. The van der Waals surface area contributed by atoms with Crippen LogP contribution in [-0.4, -0.2) is 187 Å². The lowest BCUT2D eigenvalue weighted by molar-refractivity contribution is -0.398. The van der Waals surface area contributed by atoms with Gasteiger partial charge in [0.15, 0.2) is 24.7 Å². The number of aliphatic hydroxyl groups is 10. The summed E-state index contributed by atoms with van der Waals surface area (Å²) in [5.74, 6) is 1.19. The third-order valence-corrected chi connectivity index (χ3v) is 18.2. The molecule has 5 saturated heterocycles. The van der Waals surface area contributed by atoms with E-state index in [1.807, 2.05) is 0 Å². The largest absolute Gasteiger partial charge is 0.394 e. The maximum absolute atomic E-state index is 11.8. The van der Waals surface area contributed by atoms with Crippen LogP contribution < -0.4 is 0 Å². The maximum Gasteiger partial charge on any atom is 0.187 e. The first-order valence-corrected chi connectivity index (χ1v) is 23.8. The average molecular weight is 903 g/mol. The third kappa shape index (κ3) is 7.79. The van der Waals surface area contributed by atoms with Crippen LogP contribution in [-0.2, 0) is 37.9 Å². The zero-order valence-electron chi connectivity index (χ0n) is 37.2. The fourth-order valence-corrected chi connectivity index (χ4v) is 14.7. The smallest absolute Gasteiger partial charge is 0.187 e. The number of hydrogen-bond donors (Lipinski definition) is 10. The molecule has 0 aromatic carbocycles. The molecule has 9 rings (SSSR count). The Morgan fingerprint density at radius 2 is 1.21 bits per heavy atom. The molecule has 18 heteroatoms. The maximum atomic E-state index is 11.8. The fraction of sp³-hybridized carbons (Fsp3) is 1.00. The van der Waals surface area contributed by atoms with Gasteiger partial charge in [0.25, 0.3) is 0 Å². The molecule has 1 spiro atoms. The van der Waals surface area contributed by atoms with Crippen molar-refractivity contribution >= 4 is 0 Å². The zero-order valence-corrected chi connectivity index (χ0v) is 37.2. The van der Waals surface area contributed by atoms with Crippen LogP contribution in [0.3, 0.4) is 0 Å². The molecule has 4 saturated carbocycles. The SMILES string of the molecule is C[C@@H]1CC[C@@]2(OC1)O[C@H]1C[C@H]3[C@@H]4C[C@H](O[C@@H]5O[C@H](CO)[C@@H](O)[C@H](O[C@@H]6O[C@H](CO)[C@@H](O)[C@H](O)[C@H]6O)[C@H]5O[C@@H]5O[C@H](C)[C@@H](O)[C@H](O)[C@H]5O)[C@H]5C[C@@H](O)CC[C@]5(C)[C@H]4CC[C@]3(C)[C@H]1[C@@H]2C. The lowest BCUT2D eigenvalue weighted by atomic mass is 9.43. The van der Waals surface area contributed by atoms with Crippen LogP contribution in [0.4, 0.5) is 0 Å². The molecule has 0 aromatic rings. The van der Waals surface area contributed by atoms with E-state index in [2.05, 4.69) is 27.7 Å². The van der Waals surface area contributed by atoms with Crippen LogP contribution in [0, 0.1) is 52.3 Å². The van der Waals surface area contributed by atoms with E-state index in [9.17, 15) is 51.1 Å². The highest BCUT2D eigenvalue weighted by atomic mass is 16.8. The average Bonchev–Trinajstić information content (AvgIpc) is 3.71. The number of ether oxygens (including phenoxy) is 8. The van der Waals surface area contributed by atoms with Crippen molar-refractivity contribution in [1.29, 1.82) is 0 Å². The second kappa shape index (κ2) is 17.7. The van der Waals surface area contributed by atoms with Gasteiger partial charge in [-0.05, 0) is 105 Å². The Morgan fingerprint density at radius 1 is 0.571 bits per heavy atom. The van der Waals surface area contributed by atoms with Crippen molar-refractivity contribution < 1.29 is 89.0 Å². The van der Waals surface area contributed by atoms with Crippen LogP contribution in [0.2, 0.25) is 0 Å². The topological polar surface area (TPSA) is 276 Å². The van der Waals surface area contributed by atoms with Crippen molar-refractivity contribution in [2.24, 2.45) is 52.3 Å². The van der Waals surface area contributed by atoms with Crippen molar-refractivity contribution in [2.45, 2.75) is 209 Å². The minimum Gasteiger partial charge on any atom is -0.394 e. The number of fused-ring (bicyclic) bond motifs is 7. The molecule has 28 atom stereocenters. The molecule has 4 aliphatic carbocycles. The monoisotopic (exact) mass is 902 g/mol. The van der Waals surface area contributed by atoms with E-state index in [-0.39, 0.29) is 34.7 Å². The predicted molar refractivity (Wildman–Crippen MR) is 216 cm³/mol. The molecule has 0 unspecified atom stereocenters. The summed E-state index contributed by atoms with van der Waals surface area (Å²) >= 11 is 0. The number of hydrogen-bond acceptors (Lipinski definition) is 18. The van der Waals surface area contributed by atoms with Gasteiger partial charge in [-0.25, -0.2) is 0 Å². The summed E-state index contributed by atoms with van der Waals surface area (Å²) < 4.78 is 51.3. The summed E-state index contributed by atoms with van der Waals surface area (Å²) in [4.78, 5) is 0. The van der Waals surface area contributed by atoms with E-state index in [1.54, 1.807) is 0 Å². The summed E-state index contributed by atoms with van der Waals surface area (Å²) in [6.07, 6.45) is -17.4. The minimum atomic E-state index is -1.88. The molecule has 0 amide bonds. The highest BCUT2D eigenvalue weighted by molar-refractivity contribution is 5.17. The molecule has 5 aliphatic heterocycles. The standard InChI is InChI=1S/C45H74O18/c1-18-6-11-45(56-17-18)19(2)30-27(63-45)14-24-22-13-26(25-12-21(48)7-9-43(25,4)23(22)8-10-44(24,30)5)58-42-39(62-40-36(54)34(52)31(49)20(3)57-40)38(33(51)29(16-47)60-42)61-41-37(55)35(53)32(50)28(15-46)59-41/h18-42,46-55H,6-17H2,1-5H3/t18-,19+,20-,21+,22-,23+,24+,25-,26+,27+,28-,29-,30+,31-,32-,33-,34+,35+,36-,37-,38+,39-,40+,41+,42-,43-,44+,45-/m1/s1. The Hall–Kier alpha value is -0.720. The Labute approximate surface area is 369 Å². The molecule has 9 aliphatic rings. The third-order valence-electron chi connectivity index (χ3n) is 18.2. The van der Waals surface area contributed by atoms with E-state index in [1.165, 1.54) is 6.92 Å². The first-order chi connectivity index (χ1) is 29.8. The van der Waals surface area contributed by atoms with Crippen molar-refractivity contribution in [3.05, 3.63) is 0 Å². The van der Waals surface area contributed by atoms with Crippen LogP contribution >= 0.6 is 0 Å². The van der Waals surface area contributed by atoms with Crippen molar-refractivity contribution in [3.8, 4) is 0 Å². The van der Waals surface area contributed by atoms with E-state index in [0.717, 1.165) is 38.5 Å². The molecule has 362 valence electrons. The lowest BCUT2D eigenvalue weighted by Crippen LogP contribution is -2.68. The van der Waals surface area contributed by atoms with Gasteiger partial charge < -0.3 is 89.0 Å². The minimum absolute atomic E-state index is 0.0247. The molecule has 0 aromatic heterocycles. The van der Waals surface area contributed by atoms with Crippen LogP contribution in [0.1, 0.15) is 92.4 Å². The molecule has 10 N–H and O–H groups in total. The Balaban J connectivity index is 1.04. The Bertz CT molecular complexity index is 1580. The molecular formula is C45H74O18. The van der Waals surface area contributed by atoms with Gasteiger partial charge in [-0.1, -0.05) is 27.7 Å². The van der Waals surface area contributed by atoms with Crippen LogP contribution in [0.15, 0.2) is 0 Å². The molecular weight excluding hydrogens is 828 g/mol. The van der Waals surface area contributed by atoms with Gasteiger partial charge >= 0.3 is 0 Å².